The number of benzene rings is 1. The van der Waals surface area contributed by atoms with Crippen molar-refractivity contribution < 1.29 is 18.3 Å². The molecule has 1 unspecified atom stereocenters. The van der Waals surface area contributed by atoms with E-state index in [1.807, 2.05) is 0 Å². The fraction of sp³-hybridized carbons (Fsp3) is 0.391. The van der Waals surface area contributed by atoms with Gasteiger partial charge in [-0.3, -0.25) is 14.2 Å². The molecular formula is C23H25F2N5O3. The number of nitrogens with zero attached hydrogens (tertiary/aromatic N) is 4. The number of likely N-dealkylation sites (tertiary alicyclic amines) is 1. The third-order valence-corrected chi connectivity index (χ3v) is 6.31. The van der Waals surface area contributed by atoms with Gasteiger partial charge in [-0.25, -0.2) is 18.7 Å². The van der Waals surface area contributed by atoms with Gasteiger partial charge in [0.2, 0.25) is 5.91 Å². The second-order valence-corrected chi connectivity index (χ2v) is 8.15. The van der Waals surface area contributed by atoms with E-state index in [1.54, 1.807) is 30.1 Å². The molecule has 1 aliphatic rings. The smallest absolute Gasteiger partial charge is 0.258 e. The maximum atomic E-state index is 14.5. The maximum Gasteiger partial charge on any atom is 0.258 e. The summed E-state index contributed by atoms with van der Waals surface area (Å²) in [5.41, 5.74) is -0.156. The molecule has 0 saturated carbocycles. The number of rotatable bonds is 6. The first-order chi connectivity index (χ1) is 15.8. The highest BCUT2D eigenvalue weighted by atomic mass is 19.1. The van der Waals surface area contributed by atoms with Crippen LogP contribution >= 0.6 is 0 Å². The number of hydrogen-bond donors (Lipinski definition) is 1. The second-order valence-electron chi connectivity index (χ2n) is 8.15. The Hall–Kier alpha value is -3.40. The Labute approximate surface area is 189 Å². The largest absolute Gasteiger partial charge is 0.371 e. The number of methoxy groups -OCH3 is 1. The minimum absolute atomic E-state index is 0.00942. The van der Waals surface area contributed by atoms with Crippen LogP contribution in [-0.2, 0) is 35.4 Å². The number of ether oxygens (including phenoxy) is 1. The number of alkyl halides is 1. The normalized spacial score (nSPS) is 18.2. The number of amides is 1. The van der Waals surface area contributed by atoms with Gasteiger partial charge in [0.1, 0.15) is 35.9 Å². The van der Waals surface area contributed by atoms with Crippen LogP contribution in [0, 0.1) is 5.82 Å². The fourth-order valence-corrected chi connectivity index (χ4v) is 4.34. The minimum Gasteiger partial charge on any atom is -0.371 e. The molecule has 1 atom stereocenters. The van der Waals surface area contributed by atoms with E-state index in [9.17, 15) is 18.4 Å². The van der Waals surface area contributed by atoms with E-state index >= 15 is 0 Å². The minimum atomic E-state index is -0.955. The number of carbonyl (C=O) groups is 1. The monoisotopic (exact) mass is 457 g/mol. The highest BCUT2D eigenvalue weighted by molar-refractivity contribution is 5.87. The lowest BCUT2D eigenvalue weighted by atomic mass is 9.93. The summed E-state index contributed by atoms with van der Waals surface area (Å²) < 4.78 is 34.7. The molecule has 2 aromatic heterocycles. The predicted octanol–water partition coefficient (Wildman–Crippen LogP) is 2.64. The van der Waals surface area contributed by atoms with E-state index in [4.69, 9.17) is 4.74 Å². The zero-order chi connectivity index (χ0) is 23.8. The Morgan fingerprint density at radius 2 is 2.06 bits per heavy atom. The van der Waals surface area contributed by atoms with Crippen LogP contribution in [0.25, 0.3) is 11.0 Å². The van der Waals surface area contributed by atoms with Crippen LogP contribution in [0.15, 0.2) is 35.4 Å². The molecule has 1 N–H and O–H groups in total. The molecule has 4 rings (SSSR count). The molecule has 174 valence electrons. The zero-order valence-electron chi connectivity index (χ0n) is 18.7. The van der Waals surface area contributed by atoms with Gasteiger partial charge in [-0.05, 0) is 6.07 Å². The number of pyridine rings is 1. The summed E-state index contributed by atoms with van der Waals surface area (Å²) in [6.07, 6.45) is 1.79. The van der Waals surface area contributed by atoms with Crippen molar-refractivity contribution in [3.05, 3.63) is 63.5 Å². The van der Waals surface area contributed by atoms with Crippen molar-refractivity contribution in [1.82, 2.24) is 19.4 Å². The third kappa shape index (κ3) is 3.95. The quantitative estimate of drug-likeness (QED) is 0.612. The van der Waals surface area contributed by atoms with Crippen molar-refractivity contribution in [3.8, 4) is 0 Å². The first-order valence-electron chi connectivity index (χ1n) is 10.5. The van der Waals surface area contributed by atoms with Gasteiger partial charge < -0.3 is 15.0 Å². The van der Waals surface area contributed by atoms with Crippen LogP contribution in [0.4, 0.5) is 14.6 Å². The van der Waals surface area contributed by atoms with E-state index in [0.29, 0.717) is 40.9 Å². The van der Waals surface area contributed by atoms with E-state index in [2.05, 4.69) is 15.3 Å². The van der Waals surface area contributed by atoms with Crippen molar-refractivity contribution in [3.63, 3.8) is 0 Å². The first-order valence-corrected chi connectivity index (χ1v) is 10.5. The highest BCUT2D eigenvalue weighted by Crippen LogP contribution is 2.35. The Morgan fingerprint density at radius 3 is 2.73 bits per heavy atom. The number of aryl methyl sites for hydroxylation is 1. The van der Waals surface area contributed by atoms with Crippen LogP contribution in [0.3, 0.4) is 0 Å². The SMILES string of the molecule is COC1(c2cc3c(NCc4cccc(CF)c4F)ncnc3n(C)c2=O)CCN(C(C)=O)C1. The maximum absolute atomic E-state index is 14.5. The fourth-order valence-electron chi connectivity index (χ4n) is 4.34. The van der Waals surface area contributed by atoms with Gasteiger partial charge in [0.15, 0.2) is 0 Å². The standard InChI is InChI=1S/C23H25F2N5O3/c1-14(31)30-8-7-23(12-30,33-3)18-9-17-20(27-13-28-21(17)29(2)22(18)32)26-11-16-6-4-5-15(10-24)19(16)25/h4-6,9,13H,7-8,10-12H2,1-3H3,(H,26,27,28). The molecule has 1 fully saturated rings. The average Bonchev–Trinajstić information content (AvgIpc) is 3.27. The molecule has 1 amide bonds. The van der Waals surface area contributed by atoms with E-state index < -0.39 is 18.1 Å². The molecule has 8 nitrogen and oxygen atoms in total. The van der Waals surface area contributed by atoms with Crippen LogP contribution in [0.2, 0.25) is 0 Å². The summed E-state index contributed by atoms with van der Waals surface area (Å²) in [6, 6.07) is 6.25. The number of fused-ring (bicyclic) bond motifs is 1. The molecule has 0 spiro atoms. The molecule has 33 heavy (non-hydrogen) atoms. The summed E-state index contributed by atoms with van der Waals surface area (Å²) in [7, 11) is 3.13. The van der Waals surface area contributed by atoms with Crippen LogP contribution in [0.1, 0.15) is 30.0 Å². The number of nitrogens with one attached hydrogen (secondary N) is 1. The van der Waals surface area contributed by atoms with Crippen molar-refractivity contribution in [1.29, 1.82) is 0 Å². The Balaban J connectivity index is 1.77. The lowest BCUT2D eigenvalue weighted by Crippen LogP contribution is -2.40. The molecule has 0 radical (unpaired) electrons. The lowest BCUT2D eigenvalue weighted by molar-refractivity contribution is -0.129. The van der Waals surface area contributed by atoms with E-state index in [0.717, 1.165) is 0 Å². The van der Waals surface area contributed by atoms with Gasteiger partial charge >= 0.3 is 0 Å². The first kappa shape index (κ1) is 22.8. The van der Waals surface area contributed by atoms with Crippen molar-refractivity contribution in [2.24, 2.45) is 7.05 Å². The van der Waals surface area contributed by atoms with Crippen molar-refractivity contribution in [2.75, 3.05) is 25.5 Å². The highest BCUT2D eigenvalue weighted by Gasteiger charge is 2.43. The van der Waals surface area contributed by atoms with Crippen LogP contribution in [-0.4, -0.2) is 45.5 Å². The topological polar surface area (TPSA) is 89.3 Å². The number of carbonyl (C=O) groups excluding carboxylic acids is 1. The van der Waals surface area contributed by atoms with Crippen LogP contribution in [0.5, 0.6) is 0 Å². The Morgan fingerprint density at radius 1 is 1.30 bits per heavy atom. The molecule has 3 aromatic rings. The summed E-state index contributed by atoms with van der Waals surface area (Å²) in [5, 5.41) is 3.63. The Bertz CT molecular complexity index is 1280. The van der Waals surface area contributed by atoms with Crippen molar-refractivity contribution in [2.45, 2.75) is 32.2 Å². The molecular weight excluding hydrogens is 432 g/mol. The van der Waals surface area contributed by atoms with Gasteiger partial charge in [0, 0.05) is 51.7 Å². The molecule has 0 bridgehead atoms. The summed E-state index contributed by atoms with van der Waals surface area (Å²) >= 11 is 0. The Kier molecular flexibility index (Phi) is 6.11. The van der Waals surface area contributed by atoms with Gasteiger partial charge in [0.05, 0.1) is 17.5 Å². The third-order valence-electron chi connectivity index (χ3n) is 6.31. The van der Waals surface area contributed by atoms with Gasteiger partial charge in [0.25, 0.3) is 5.56 Å². The average molecular weight is 457 g/mol. The summed E-state index contributed by atoms with van der Waals surface area (Å²) in [5.74, 6) is -0.295. The molecule has 1 saturated heterocycles. The second kappa shape index (κ2) is 8.86. The number of halogens is 2. The molecule has 1 aromatic carbocycles. The van der Waals surface area contributed by atoms with E-state index in [1.165, 1.54) is 31.0 Å². The van der Waals surface area contributed by atoms with Gasteiger partial charge in [-0.15, -0.1) is 0 Å². The molecule has 1 aliphatic heterocycles. The number of hydrogen-bond acceptors (Lipinski definition) is 6. The number of aromatic nitrogens is 3. The zero-order valence-corrected chi connectivity index (χ0v) is 18.7. The summed E-state index contributed by atoms with van der Waals surface area (Å²) in [6.45, 7) is 1.40. The van der Waals surface area contributed by atoms with Crippen LogP contribution < -0.4 is 10.9 Å². The molecule has 10 heteroatoms. The van der Waals surface area contributed by atoms with Crippen molar-refractivity contribution >= 4 is 22.8 Å². The lowest BCUT2D eigenvalue weighted by Gasteiger charge is -2.28. The number of anilines is 1. The predicted molar refractivity (Wildman–Crippen MR) is 119 cm³/mol. The van der Waals surface area contributed by atoms with Gasteiger partial charge in [-0.2, -0.15) is 0 Å². The molecule has 0 aliphatic carbocycles. The summed E-state index contributed by atoms with van der Waals surface area (Å²) in [4.78, 5) is 35.3. The van der Waals surface area contributed by atoms with Gasteiger partial charge in [-0.1, -0.05) is 18.2 Å². The van der Waals surface area contributed by atoms with E-state index in [-0.39, 0.29) is 30.1 Å². The molecule has 3 heterocycles.